The average molecular weight is 705 g/mol. The van der Waals surface area contributed by atoms with Crippen LogP contribution in [0.4, 0.5) is 0 Å². The Morgan fingerprint density at radius 3 is 2.04 bits per heavy atom. The Balaban J connectivity index is 1.70. The Labute approximate surface area is 293 Å². The van der Waals surface area contributed by atoms with Gasteiger partial charge in [0.05, 0.1) is 18.0 Å². The van der Waals surface area contributed by atoms with Crippen LogP contribution in [0.3, 0.4) is 0 Å². The van der Waals surface area contributed by atoms with Crippen molar-refractivity contribution in [2.75, 3.05) is 5.75 Å². The van der Waals surface area contributed by atoms with Crippen LogP contribution in [0.25, 0.3) is 0 Å². The molecule has 2 fully saturated rings. The molecule has 0 spiro atoms. The second kappa shape index (κ2) is 13.6. The molecule has 2 saturated carbocycles. The van der Waals surface area contributed by atoms with E-state index in [1.807, 2.05) is 0 Å². The summed E-state index contributed by atoms with van der Waals surface area (Å²) in [6.07, 6.45) is 14.3. The Hall–Kier alpha value is -0.476. The highest BCUT2D eigenvalue weighted by Crippen LogP contribution is 2.60. The molecule has 8 atom stereocenters. The van der Waals surface area contributed by atoms with Crippen LogP contribution in [-0.4, -0.2) is 48.3 Å². The van der Waals surface area contributed by atoms with Crippen molar-refractivity contribution in [1.82, 2.24) is 0 Å². The first-order chi connectivity index (χ1) is 21.3. The Morgan fingerprint density at radius 2 is 1.47 bits per heavy atom. The lowest BCUT2D eigenvalue weighted by atomic mass is 9.61. The number of sulfone groups is 1. The number of fused-ring (bicyclic) bond motifs is 1. The predicted octanol–water partition coefficient (Wildman–Crippen LogP) is 11.3. The summed E-state index contributed by atoms with van der Waals surface area (Å²) in [5.41, 5.74) is 3.82. The van der Waals surface area contributed by atoms with Gasteiger partial charge >= 0.3 is 0 Å². The number of allylic oxidation sites excluding steroid dienone is 3. The Bertz CT molecular complexity index is 1340. The molecular formula is C40H72O4SSi2. The van der Waals surface area contributed by atoms with Gasteiger partial charge in [-0.25, -0.2) is 8.42 Å². The topological polar surface area (TPSA) is 52.6 Å². The molecule has 0 aromatic heterocycles. The zero-order chi connectivity index (χ0) is 35.5. The van der Waals surface area contributed by atoms with E-state index in [1.165, 1.54) is 24.8 Å². The largest absolute Gasteiger partial charge is 0.414 e. The minimum atomic E-state index is -3.36. The minimum absolute atomic E-state index is 0.00744. The molecule has 0 aromatic rings. The van der Waals surface area contributed by atoms with Crippen molar-refractivity contribution in [3.63, 3.8) is 0 Å². The number of rotatable bonds is 9. The maximum atomic E-state index is 14.2. The highest BCUT2D eigenvalue weighted by molar-refractivity contribution is 7.92. The molecule has 0 aromatic carbocycles. The fourth-order valence-electron chi connectivity index (χ4n) is 8.64. The number of hydrogen-bond acceptors (Lipinski definition) is 4. The first-order valence-corrected chi connectivity index (χ1v) is 26.5. The first kappa shape index (κ1) is 39.3. The second-order valence-electron chi connectivity index (χ2n) is 19.8. The van der Waals surface area contributed by atoms with Gasteiger partial charge in [-0.15, -0.1) is 0 Å². The van der Waals surface area contributed by atoms with E-state index in [0.717, 1.165) is 30.4 Å². The van der Waals surface area contributed by atoms with E-state index in [0.29, 0.717) is 36.0 Å². The van der Waals surface area contributed by atoms with Gasteiger partial charge < -0.3 is 8.85 Å². The molecule has 1 heterocycles. The van der Waals surface area contributed by atoms with E-state index in [9.17, 15) is 8.42 Å². The standard InChI is InChI=1S/C40H72O4SSi2/c1-27(2)28(3)18-19-29(4)34-20-21-35-30(17-16-22-40(34,35)11)23-37-32-24-31(43-46(12,13)38(5,6)7)25-36(33(32)26-45(37,41)42)44-47(14,15)39(8,9)10/h18-19,23,27-29,31,34-37H,16-17,20-22,24-26H2,1-15H3/b19-18+,30-23+/t28-,29+,31+,34+,35-,36-,37?,40+/m0/s1. The molecule has 3 aliphatic carbocycles. The van der Waals surface area contributed by atoms with Crippen LogP contribution in [0.15, 0.2) is 34.9 Å². The van der Waals surface area contributed by atoms with Gasteiger partial charge in [-0.1, -0.05) is 100.0 Å². The minimum Gasteiger partial charge on any atom is -0.414 e. The van der Waals surface area contributed by atoms with Crippen molar-refractivity contribution < 1.29 is 17.3 Å². The highest BCUT2D eigenvalue weighted by atomic mass is 32.2. The molecule has 0 amide bonds. The van der Waals surface area contributed by atoms with Gasteiger partial charge in [0.2, 0.25) is 0 Å². The maximum Gasteiger partial charge on any atom is 0.192 e. The summed E-state index contributed by atoms with van der Waals surface area (Å²) in [5, 5.41) is -0.398. The SMILES string of the molecule is CC(C)[C@@H](C)/C=C/[C@@H](C)[C@H]1CC[C@H]2/C(=C/C3C4=C(CS3(=O)=O)[C@@H](O[Si](C)(C)C(C)(C)C)C[C@H](O[Si](C)(C)C(C)(C)C)C4)CCC[C@]12C. The number of hydrogen-bond donors (Lipinski definition) is 0. The van der Waals surface area contributed by atoms with Gasteiger partial charge in [0, 0.05) is 6.42 Å². The van der Waals surface area contributed by atoms with Crippen LogP contribution in [-0.2, 0) is 18.7 Å². The van der Waals surface area contributed by atoms with Gasteiger partial charge in [0.15, 0.2) is 26.5 Å². The summed E-state index contributed by atoms with van der Waals surface area (Å²) in [4.78, 5) is 0. The molecule has 4 nitrogen and oxygen atoms in total. The molecule has 47 heavy (non-hydrogen) atoms. The predicted molar refractivity (Wildman–Crippen MR) is 207 cm³/mol. The summed E-state index contributed by atoms with van der Waals surface area (Å²) in [6, 6.07) is 0. The van der Waals surface area contributed by atoms with E-state index in [4.69, 9.17) is 8.85 Å². The Morgan fingerprint density at radius 1 is 0.872 bits per heavy atom. The Kier molecular flexibility index (Phi) is 11.4. The molecule has 1 aliphatic heterocycles. The summed E-state index contributed by atoms with van der Waals surface area (Å²) >= 11 is 0. The fourth-order valence-corrected chi connectivity index (χ4v) is 13.4. The molecule has 0 saturated heterocycles. The van der Waals surface area contributed by atoms with Gasteiger partial charge in [-0.05, 0) is 121 Å². The quantitative estimate of drug-likeness (QED) is 0.177. The van der Waals surface area contributed by atoms with Gasteiger partial charge in [-0.2, -0.15) is 0 Å². The van der Waals surface area contributed by atoms with Crippen LogP contribution in [0, 0.1) is 35.0 Å². The van der Waals surface area contributed by atoms with Crippen molar-refractivity contribution in [3.05, 3.63) is 34.9 Å². The molecule has 270 valence electrons. The third-order valence-corrected chi connectivity index (χ3v) is 25.1. The highest BCUT2D eigenvalue weighted by Gasteiger charge is 2.53. The molecule has 4 rings (SSSR count). The summed E-state index contributed by atoms with van der Waals surface area (Å²) in [6.45, 7) is 34.8. The zero-order valence-electron chi connectivity index (χ0n) is 33.0. The first-order valence-electron chi connectivity index (χ1n) is 19.0. The van der Waals surface area contributed by atoms with Gasteiger partial charge in [0.25, 0.3) is 0 Å². The summed E-state index contributed by atoms with van der Waals surface area (Å²) < 4.78 is 42.7. The van der Waals surface area contributed by atoms with Gasteiger partial charge in [0.1, 0.15) is 5.25 Å². The zero-order valence-corrected chi connectivity index (χ0v) is 35.9. The lowest BCUT2D eigenvalue weighted by molar-refractivity contribution is 0.0979. The van der Waals surface area contributed by atoms with Crippen LogP contribution in [0.5, 0.6) is 0 Å². The molecule has 4 aliphatic rings. The van der Waals surface area contributed by atoms with Crippen LogP contribution < -0.4 is 0 Å². The molecule has 7 heteroatoms. The maximum absolute atomic E-state index is 14.2. The van der Waals surface area contributed by atoms with E-state index < -0.39 is 31.7 Å². The fraction of sp³-hybridized carbons (Fsp3) is 0.850. The summed E-state index contributed by atoms with van der Waals surface area (Å²) in [5.74, 6) is 3.03. The molecular weight excluding hydrogens is 633 g/mol. The third kappa shape index (κ3) is 8.05. The summed E-state index contributed by atoms with van der Waals surface area (Å²) in [7, 11) is -7.58. The normalized spacial score (nSPS) is 34.3. The van der Waals surface area contributed by atoms with Crippen LogP contribution in [0.1, 0.15) is 121 Å². The second-order valence-corrected chi connectivity index (χ2v) is 31.4. The molecule has 0 radical (unpaired) electrons. The van der Waals surface area contributed by atoms with E-state index >= 15 is 0 Å². The lowest BCUT2D eigenvalue weighted by Gasteiger charge is -2.45. The molecule has 1 unspecified atom stereocenters. The third-order valence-electron chi connectivity index (χ3n) is 14.1. The van der Waals surface area contributed by atoms with Gasteiger partial charge in [-0.3, -0.25) is 0 Å². The van der Waals surface area contributed by atoms with Crippen molar-refractivity contribution in [2.45, 2.75) is 175 Å². The van der Waals surface area contributed by atoms with E-state index in [2.05, 4.69) is 121 Å². The molecule has 0 N–H and O–H groups in total. The molecule has 0 bridgehead atoms. The average Bonchev–Trinajstić information content (AvgIpc) is 3.39. The van der Waals surface area contributed by atoms with E-state index in [1.54, 1.807) is 0 Å². The lowest BCUT2D eigenvalue weighted by Crippen LogP contribution is -2.49. The van der Waals surface area contributed by atoms with Crippen molar-refractivity contribution in [1.29, 1.82) is 0 Å². The van der Waals surface area contributed by atoms with Crippen molar-refractivity contribution in [3.8, 4) is 0 Å². The van der Waals surface area contributed by atoms with Crippen LogP contribution >= 0.6 is 0 Å². The van der Waals surface area contributed by atoms with Crippen molar-refractivity contribution in [2.24, 2.45) is 35.0 Å². The monoisotopic (exact) mass is 704 g/mol. The smallest absolute Gasteiger partial charge is 0.192 e. The van der Waals surface area contributed by atoms with Crippen LogP contribution in [0.2, 0.25) is 36.3 Å². The van der Waals surface area contributed by atoms with Crippen molar-refractivity contribution >= 4 is 26.5 Å². The van der Waals surface area contributed by atoms with E-state index in [-0.39, 0.29) is 33.5 Å².